The van der Waals surface area contributed by atoms with Crippen LogP contribution >= 0.6 is 8.07 Å². The zero-order valence-corrected chi connectivity index (χ0v) is 12.6. The normalized spacial score (nSPS) is 28.8. The Hall–Kier alpha value is -0.100. The summed E-state index contributed by atoms with van der Waals surface area (Å²) >= 11 is 0. The maximum atomic E-state index is 4.80. The molecule has 17 heavy (non-hydrogen) atoms. The number of nitrogens with zero attached hydrogens (tertiary/aromatic N) is 1. The van der Waals surface area contributed by atoms with E-state index in [0.717, 1.165) is 29.7 Å². The molecule has 0 aromatic rings. The Balaban J connectivity index is 1.94. The standard InChI is InChI=1S/C14H27N2P/c1-10(2)17(11(3)4)16-14-8-12-6-5-7-13(12)9-15-14/h10-13H,5-9H2,1-4H3,(H,15,16). The zero-order valence-electron chi connectivity index (χ0n) is 11.7. The molecule has 2 nitrogen and oxygen atoms in total. The summed E-state index contributed by atoms with van der Waals surface area (Å²) in [6.07, 6.45) is 5.52. The predicted molar refractivity (Wildman–Crippen MR) is 78.1 cm³/mol. The minimum absolute atomic E-state index is 0.100. The van der Waals surface area contributed by atoms with Crippen LogP contribution in [-0.4, -0.2) is 23.7 Å². The Bertz CT molecular complexity index is 278. The molecule has 0 amide bonds. The number of hydrogen-bond donors (Lipinski definition) is 1. The molecule has 2 atom stereocenters. The van der Waals surface area contributed by atoms with Crippen LogP contribution in [0.4, 0.5) is 0 Å². The summed E-state index contributed by atoms with van der Waals surface area (Å²) < 4.78 is 0. The lowest BCUT2D eigenvalue weighted by atomic mass is 9.90. The molecule has 1 fully saturated rings. The van der Waals surface area contributed by atoms with Gasteiger partial charge in [-0.05, 0) is 44.1 Å². The molecule has 0 spiro atoms. The van der Waals surface area contributed by atoms with Crippen LogP contribution in [0.3, 0.4) is 0 Å². The van der Waals surface area contributed by atoms with Crippen LogP contribution in [0, 0.1) is 11.8 Å². The predicted octanol–water partition coefficient (Wildman–Crippen LogP) is 4.01. The average molecular weight is 254 g/mol. The first-order valence-electron chi connectivity index (χ1n) is 7.16. The van der Waals surface area contributed by atoms with Crippen molar-refractivity contribution in [3.05, 3.63) is 0 Å². The molecule has 0 aromatic carbocycles. The minimum atomic E-state index is -0.100. The molecule has 0 saturated heterocycles. The maximum Gasteiger partial charge on any atom is 0.0998 e. The van der Waals surface area contributed by atoms with Crippen LogP contribution in [-0.2, 0) is 0 Å². The molecule has 98 valence electrons. The van der Waals surface area contributed by atoms with Crippen molar-refractivity contribution in [2.24, 2.45) is 16.8 Å². The van der Waals surface area contributed by atoms with Crippen LogP contribution in [0.25, 0.3) is 0 Å². The Morgan fingerprint density at radius 3 is 2.41 bits per heavy atom. The highest BCUT2D eigenvalue weighted by Gasteiger charge is 2.32. The fourth-order valence-corrected chi connectivity index (χ4v) is 5.42. The van der Waals surface area contributed by atoms with E-state index in [0.29, 0.717) is 0 Å². The zero-order chi connectivity index (χ0) is 12.4. The van der Waals surface area contributed by atoms with Crippen LogP contribution < -0.4 is 5.09 Å². The summed E-state index contributed by atoms with van der Waals surface area (Å²) in [5.74, 6) is 3.16. The van der Waals surface area contributed by atoms with Gasteiger partial charge in [-0.1, -0.05) is 34.1 Å². The molecular formula is C14H27N2P. The van der Waals surface area contributed by atoms with Gasteiger partial charge >= 0.3 is 0 Å². The molecule has 2 rings (SSSR count). The number of aliphatic imine (C=N–C) groups is 1. The van der Waals surface area contributed by atoms with Gasteiger partial charge in [0.1, 0.15) is 0 Å². The summed E-state index contributed by atoms with van der Waals surface area (Å²) in [5.41, 5.74) is 1.49. The van der Waals surface area contributed by atoms with Gasteiger partial charge in [-0.3, -0.25) is 4.99 Å². The van der Waals surface area contributed by atoms with Crippen LogP contribution in [0.5, 0.6) is 0 Å². The third-order valence-corrected chi connectivity index (χ3v) is 6.90. The second kappa shape index (κ2) is 5.69. The summed E-state index contributed by atoms with van der Waals surface area (Å²) in [7, 11) is -0.100. The molecule has 0 aromatic heterocycles. The van der Waals surface area contributed by atoms with Crippen molar-refractivity contribution in [1.29, 1.82) is 0 Å². The number of amidine groups is 1. The average Bonchev–Trinajstić information content (AvgIpc) is 2.71. The van der Waals surface area contributed by atoms with E-state index in [9.17, 15) is 0 Å². The molecule has 3 heteroatoms. The molecule has 1 saturated carbocycles. The van der Waals surface area contributed by atoms with E-state index in [1.54, 1.807) is 0 Å². The van der Waals surface area contributed by atoms with Gasteiger partial charge in [0.05, 0.1) is 5.84 Å². The first kappa shape index (κ1) is 13.3. The summed E-state index contributed by atoms with van der Waals surface area (Å²) in [6, 6.07) is 0. The van der Waals surface area contributed by atoms with Crippen LogP contribution in [0.1, 0.15) is 53.4 Å². The second-order valence-corrected chi connectivity index (χ2v) is 9.25. The lowest BCUT2D eigenvalue weighted by Crippen LogP contribution is -2.32. The smallest absolute Gasteiger partial charge is 0.0998 e. The highest BCUT2D eigenvalue weighted by molar-refractivity contribution is 7.57. The first-order chi connectivity index (χ1) is 8.08. The Labute approximate surface area is 107 Å². The minimum Gasteiger partial charge on any atom is -0.352 e. The van der Waals surface area contributed by atoms with E-state index in [-0.39, 0.29) is 8.07 Å². The fourth-order valence-electron chi connectivity index (χ4n) is 3.25. The van der Waals surface area contributed by atoms with Gasteiger partial charge in [0.2, 0.25) is 0 Å². The second-order valence-electron chi connectivity index (χ2n) is 6.15. The molecule has 0 radical (unpaired) electrons. The van der Waals surface area contributed by atoms with Crippen LogP contribution in [0.2, 0.25) is 0 Å². The molecule has 1 N–H and O–H groups in total. The molecular weight excluding hydrogens is 227 g/mol. The molecule has 2 aliphatic rings. The van der Waals surface area contributed by atoms with E-state index < -0.39 is 0 Å². The molecule has 2 unspecified atom stereocenters. The Kier molecular flexibility index (Phi) is 4.47. The number of hydrogen-bond acceptors (Lipinski definition) is 2. The Morgan fingerprint density at radius 1 is 1.12 bits per heavy atom. The van der Waals surface area contributed by atoms with E-state index in [1.807, 2.05) is 0 Å². The van der Waals surface area contributed by atoms with Gasteiger partial charge in [-0.15, -0.1) is 0 Å². The van der Waals surface area contributed by atoms with Gasteiger partial charge in [-0.2, -0.15) is 0 Å². The largest absolute Gasteiger partial charge is 0.352 e. The van der Waals surface area contributed by atoms with E-state index in [2.05, 4.69) is 32.8 Å². The highest BCUT2D eigenvalue weighted by atomic mass is 31.1. The first-order valence-corrected chi connectivity index (χ1v) is 8.64. The van der Waals surface area contributed by atoms with Gasteiger partial charge in [0.25, 0.3) is 0 Å². The quantitative estimate of drug-likeness (QED) is 0.756. The van der Waals surface area contributed by atoms with E-state index in [4.69, 9.17) is 4.99 Å². The van der Waals surface area contributed by atoms with Gasteiger partial charge < -0.3 is 5.09 Å². The molecule has 1 aliphatic heterocycles. The Morgan fingerprint density at radius 2 is 1.76 bits per heavy atom. The molecule has 1 heterocycles. The van der Waals surface area contributed by atoms with Crippen molar-refractivity contribution in [3.63, 3.8) is 0 Å². The molecule has 1 aliphatic carbocycles. The monoisotopic (exact) mass is 254 g/mol. The number of fused-ring (bicyclic) bond motifs is 1. The van der Waals surface area contributed by atoms with Gasteiger partial charge in [-0.25, -0.2) is 0 Å². The van der Waals surface area contributed by atoms with Crippen molar-refractivity contribution in [3.8, 4) is 0 Å². The van der Waals surface area contributed by atoms with Crippen molar-refractivity contribution in [2.75, 3.05) is 6.54 Å². The summed E-state index contributed by atoms with van der Waals surface area (Å²) in [5, 5.41) is 3.78. The van der Waals surface area contributed by atoms with Crippen LogP contribution in [0.15, 0.2) is 4.99 Å². The van der Waals surface area contributed by atoms with Gasteiger partial charge in [0, 0.05) is 13.0 Å². The maximum absolute atomic E-state index is 4.80. The van der Waals surface area contributed by atoms with Crippen molar-refractivity contribution >= 4 is 13.9 Å². The third-order valence-electron chi connectivity index (χ3n) is 4.16. The van der Waals surface area contributed by atoms with Gasteiger partial charge in [0.15, 0.2) is 0 Å². The third kappa shape index (κ3) is 3.22. The van der Waals surface area contributed by atoms with E-state index in [1.165, 1.54) is 31.5 Å². The lowest BCUT2D eigenvalue weighted by molar-refractivity contribution is 0.390. The van der Waals surface area contributed by atoms with Crippen molar-refractivity contribution in [2.45, 2.75) is 64.7 Å². The topological polar surface area (TPSA) is 24.4 Å². The summed E-state index contributed by atoms with van der Waals surface area (Å²) in [6.45, 7) is 10.4. The number of rotatable bonds is 3. The SMILES string of the molecule is CC(C)P(NC1=NCC2CCCC2C1)C(C)C. The van der Waals surface area contributed by atoms with Crippen molar-refractivity contribution < 1.29 is 0 Å². The lowest BCUT2D eigenvalue weighted by Gasteiger charge is -2.32. The summed E-state index contributed by atoms with van der Waals surface area (Å²) in [4.78, 5) is 4.80. The fraction of sp³-hybridized carbons (Fsp3) is 0.929. The van der Waals surface area contributed by atoms with Crippen molar-refractivity contribution in [1.82, 2.24) is 5.09 Å². The highest BCUT2D eigenvalue weighted by Crippen LogP contribution is 2.43. The number of nitrogens with one attached hydrogen (secondary N) is 1. The van der Waals surface area contributed by atoms with E-state index >= 15 is 0 Å². The molecule has 0 bridgehead atoms.